The van der Waals surface area contributed by atoms with Crippen LogP contribution in [0.3, 0.4) is 0 Å². The topological polar surface area (TPSA) is 78.3 Å². The van der Waals surface area contributed by atoms with Gasteiger partial charge in [0.2, 0.25) is 0 Å². The molecule has 8 heteroatoms. The van der Waals surface area contributed by atoms with Gasteiger partial charge in [0.15, 0.2) is 12.3 Å². The summed E-state index contributed by atoms with van der Waals surface area (Å²) in [5, 5.41) is 15.0. The van der Waals surface area contributed by atoms with Gasteiger partial charge in [-0.2, -0.15) is 5.10 Å². The first kappa shape index (κ1) is 18.6. The fraction of sp³-hybridized carbons (Fsp3) is 0.182. The van der Waals surface area contributed by atoms with E-state index in [-0.39, 0.29) is 6.61 Å². The molecule has 7 nitrogen and oxygen atoms in total. The minimum absolute atomic E-state index is 0.215. The summed E-state index contributed by atoms with van der Waals surface area (Å²) in [6.07, 6.45) is 0. The Morgan fingerprint density at radius 3 is 2.80 bits per heavy atom. The second kappa shape index (κ2) is 7.46. The lowest BCUT2D eigenvalue weighted by Gasteiger charge is -2.07. The molecule has 3 heterocycles. The maximum atomic E-state index is 5.87. The average Bonchev–Trinajstić information content (AvgIpc) is 3.34. The number of rotatable bonds is 5. The lowest BCUT2D eigenvalue weighted by Crippen LogP contribution is -1.97. The van der Waals surface area contributed by atoms with Gasteiger partial charge in [-0.3, -0.25) is 0 Å². The largest absolute Gasteiger partial charge is 0.484 e. The van der Waals surface area contributed by atoms with Crippen molar-refractivity contribution in [3.8, 4) is 5.75 Å². The van der Waals surface area contributed by atoms with E-state index < -0.39 is 0 Å². The molecule has 0 unspecified atom stereocenters. The summed E-state index contributed by atoms with van der Waals surface area (Å²) in [5.74, 6) is 1.24. The zero-order chi connectivity index (χ0) is 20.7. The first-order chi connectivity index (χ1) is 14.6. The molecule has 150 valence electrons. The molecular weight excluding hydrogens is 398 g/mol. The predicted octanol–water partition coefficient (Wildman–Crippen LogP) is 4.92. The van der Waals surface area contributed by atoms with E-state index >= 15 is 0 Å². The summed E-state index contributed by atoms with van der Waals surface area (Å²) in [4.78, 5) is 4.75. The Bertz CT molecular complexity index is 1380. The second-order valence-corrected chi connectivity index (χ2v) is 8.05. The number of fused-ring (bicyclic) bond motifs is 3. The maximum absolute atomic E-state index is 5.87. The molecule has 0 aliphatic heterocycles. The quantitative estimate of drug-likeness (QED) is 0.376. The van der Waals surface area contributed by atoms with Crippen molar-refractivity contribution in [2.24, 2.45) is 0 Å². The van der Waals surface area contributed by atoms with E-state index in [1.165, 1.54) is 11.8 Å². The maximum Gasteiger partial charge on any atom is 0.283 e. The van der Waals surface area contributed by atoms with Crippen LogP contribution in [0.25, 0.3) is 16.6 Å². The highest BCUT2D eigenvalue weighted by Gasteiger charge is 2.15. The normalized spacial score (nSPS) is 11.4. The van der Waals surface area contributed by atoms with Crippen LogP contribution in [0.1, 0.15) is 22.7 Å². The minimum atomic E-state index is 0.215. The van der Waals surface area contributed by atoms with Crippen LogP contribution < -0.4 is 4.74 Å². The molecule has 0 fully saturated rings. The van der Waals surface area contributed by atoms with Gasteiger partial charge in [0.05, 0.1) is 11.2 Å². The highest BCUT2D eigenvalue weighted by atomic mass is 32.2. The predicted molar refractivity (Wildman–Crippen MR) is 114 cm³/mol. The number of ether oxygens (including phenoxy) is 1. The van der Waals surface area contributed by atoms with Crippen LogP contribution in [-0.4, -0.2) is 24.8 Å². The molecule has 5 aromatic rings. The summed E-state index contributed by atoms with van der Waals surface area (Å²) >= 11 is 1.34. The summed E-state index contributed by atoms with van der Waals surface area (Å²) in [6, 6.07) is 16.1. The summed E-state index contributed by atoms with van der Waals surface area (Å²) in [7, 11) is 0. The van der Waals surface area contributed by atoms with Crippen LogP contribution in [0.2, 0.25) is 0 Å². The Morgan fingerprint density at radius 2 is 1.90 bits per heavy atom. The molecule has 5 rings (SSSR count). The minimum Gasteiger partial charge on any atom is -0.484 e. The smallest absolute Gasteiger partial charge is 0.283 e. The van der Waals surface area contributed by atoms with E-state index in [4.69, 9.17) is 14.1 Å². The Kier molecular flexibility index (Phi) is 4.63. The number of nitrogens with zero attached hydrogens (tertiary/aromatic N) is 5. The van der Waals surface area contributed by atoms with Gasteiger partial charge in [0.25, 0.3) is 11.1 Å². The van der Waals surface area contributed by atoms with Crippen LogP contribution in [0.15, 0.2) is 63.2 Å². The number of hydrogen-bond acceptors (Lipinski definition) is 7. The third-order valence-corrected chi connectivity index (χ3v) is 5.56. The average molecular weight is 417 g/mol. The van der Waals surface area contributed by atoms with Gasteiger partial charge >= 0.3 is 0 Å². The van der Waals surface area contributed by atoms with Crippen molar-refractivity contribution in [1.82, 2.24) is 24.8 Å². The molecule has 0 aliphatic carbocycles. The van der Waals surface area contributed by atoms with E-state index in [2.05, 4.69) is 21.4 Å². The molecule has 3 aromatic heterocycles. The van der Waals surface area contributed by atoms with Gasteiger partial charge < -0.3 is 9.15 Å². The molecule has 0 spiro atoms. The number of aryl methyl sites for hydroxylation is 3. The van der Waals surface area contributed by atoms with Crippen LogP contribution in [0.4, 0.5) is 0 Å². The first-order valence-corrected chi connectivity index (χ1v) is 10.3. The summed E-state index contributed by atoms with van der Waals surface area (Å²) < 4.78 is 13.5. The van der Waals surface area contributed by atoms with Crippen molar-refractivity contribution < 1.29 is 9.15 Å². The number of hydrogen-bond donors (Lipinski definition) is 0. The van der Waals surface area contributed by atoms with Crippen LogP contribution in [0.5, 0.6) is 5.75 Å². The highest BCUT2D eigenvalue weighted by Crippen LogP contribution is 2.32. The lowest BCUT2D eigenvalue weighted by molar-refractivity contribution is 0.250. The number of aromatic nitrogens is 5. The molecule has 0 bridgehead atoms. The monoisotopic (exact) mass is 417 g/mol. The second-order valence-electron chi connectivity index (χ2n) is 7.11. The zero-order valence-corrected chi connectivity index (χ0v) is 17.6. The Morgan fingerprint density at radius 1 is 1.03 bits per heavy atom. The molecule has 0 N–H and O–H groups in total. The Hall–Kier alpha value is -3.39. The van der Waals surface area contributed by atoms with Crippen LogP contribution in [0, 0.1) is 20.8 Å². The van der Waals surface area contributed by atoms with E-state index in [1.54, 1.807) is 0 Å². The molecular formula is C22H19N5O2S. The van der Waals surface area contributed by atoms with Crippen LogP contribution >= 0.6 is 11.8 Å². The Balaban J connectivity index is 1.41. The molecule has 0 amide bonds. The molecule has 30 heavy (non-hydrogen) atoms. The van der Waals surface area contributed by atoms with E-state index in [0.29, 0.717) is 11.1 Å². The van der Waals surface area contributed by atoms with Gasteiger partial charge in [-0.15, -0.1) is 10.2 Å². The van der Waals surface area contributed by atoms with Crippen molar-refractivity contribution >= 4 is 28.3 Å². The van der Waals surface area contributed by atoms with Gasteiger partial charge in [0.1, 0.15) is 10.8 Å². The molecule has 0 radical (unpaired) electrons. The lowest BCUT2D eigenvalue weighted by atomic mass is 10.1. The van der Waals surface area contributed by atoms with Gasteiger partial charge in [-0.05, 0) is 55.8 Å². The molecule has 0 atom stereocenters. The van der Waals surface area contributed by atoms with Gasteiger partial charge in [-0.1, -0.05) is 30.3 Å². The molecule has 0 saturated heterocycles. The van der Waals surface area contributed by atoms with E-state index in [1.807, 2.05) is 67.8 Å². The third kappa shape index (κ3) is 3.50. The van der Waals surface area contributed by atoms with Crippen molar-refractivity contribution in [2.45, 2.75) is 37.6 Å². The van der Waals surface area contributed by atoms with Crippen molar-refractivity contribution in [3.05, 3.63) is 71.2 Å². The number of para-hydroxylation sites is 1. The molecule has 0 saturated carbocycles. The highest BCUT2D eigenvalue weighted by molar-refractivity contribution is 7.99. The first-order valence-electron chi connectivity index (χ1n) is 9.52. The fourth-order valence-electron chi connectivity index (χ4n) is 3.25. The molecule has 2 aromatic carbocycles. The van der Waals surface area contributed by atoms with E-state index in [0.717, 1.165) is 44.1 Å². The van der Waals surface area contributed by atoms with Crippen molar-refractivity contribution in [2.75, 3.05) is 0 Å². The standard InChI is InChI=1S/C22H19N5O2S/c1-13-8-9-14(2)18(10-13)28-12-20-24-25-22(29-20)30-21-16-6-4-5-7-17(16)27-19(23-21)11-15(3)26-27/h4-11H,12H2,1-3H3. The van der Waals surface area contributed by atoms with Crippen LogP contribution in [-0.2, 0) is 6.61 Å². The fourth-order valence-corrected chi connectivity index (χ4v) is 4.05. The van der Waals surface area contributed by atoms with Gasteiger partial charge in [-0.25, -0.2) is 9.50 Å². The summed E-state index contributed by atoms with van der Waals surface area (Å²) in [5.41, 5.74) is 4.89. The zero-order valence-electron chi connectivity index (χ0n) is 16.8. The molecule has 0 aliphatic rings. The third-order valence-electron chi connectivity index (χ3n) is 4.72. The van der Waals surface area contributed by atoms with E-state index in [9.17, 15) is 0 Å². The van der Waals surface area contributed by atoms with Gasteiger partial charge in [0, 0.05) is 11.5 Å². The van der Waals surface area contributed by atoms with Crippen molar-refractivity contribution in [3.63, 3.8) is 0 Å². The SMILES string of the molecule is Cc1ccc(C)c(OCc2nnc(Sc3nc4cc(C)nn4c4ccccc34)o2)c1. The summed E-state index contributed by atoms with van der Waals surface area (Å²) in [6.45, 7) is 6.21. The number of benzene rings is 2. The Labute approximate surface area is 177 Å². The van der Waals surface area contributed by atoms with Crippen molar-refractivity contribution in [1.29, 1.82) is 0 Å².